The highest BCUT2D eigenvalue weighted by Crippen LogP contribution is 2.04. The summed E-state index contributed by atoms with van der Waals surface area (Å²) in [5.74, 6) is 0.805. The van der Waals surface area contributed by atoms with Crippen LogP contribution in [0.25, 0.3) is 0 Å². The maximum atomic E-state index is 8.54. The summed E-state index contributed by atoms with van der Waals surface area (Å²) >= 11 is 0. The van der Waals surface area contributed by atoms with Gasteiger partial charge in [-0.25, -0.2) is 0 Å². The Hall–Kier alpha value is -0.940. The SMILES string of the molecule is Cc1noc([C@H](N)CO)n1. The van der Waals surface area contributed by atoms with E-state index in [-0.39, 0.29) is 12.5 Å². The lowest BCUT2D eigenvalue weighted by Gasteiger charge is -1.97. The highest BCUT2D eigenvalue weighted by atomic mass is 16.5. The molecule has 1 aromatic heterocycles. The molecule has 0 aromatic carbocycles. The minimum absolute atomic E-state index is 0.179. The van der Waals surface area contributed by atoms with Crippen LogP contribution in [0.2, 0.25) is 0 Å². The van der Waals surface area contributed by atoms with Crippen LogP contribution >= 0.6 is 0 Å². The van der Waals surface area contributed by atoms with Gasteiger partial charge >= 0.3 is 0 Å². The van der Waals surface area contributed by atoms with E-state index in [2.05, 4.69) is 14.7 Å². The number of hydrogen-bond donors (Lipinski definition) is 2. The van der Waals surface area contributed by atoms with Gasteiger partial charge in [0.25, 0.3) is 0 Å². The summed E-state index contributed by atoms with van der Waals surface area (Å²) in [7, 11) is 0. The number of hydrogen-bond acceptors (Lipinski definition) is 5. The van der Waals surface area contributed by atoms with Gasteiger partial charge < -0.3 is 15.4 Å². The normalized spacial score (nSPS) is 13.5. The fraction of sp³-hybridized carbons (Fsp3) is 0.600. The van der Waals surface area contributed by atoms with E-state index in [1.54, 1.807) is 6.92 Å². The summed E-state index contributed by atoms with van der Waals surface area (Å²) < 4.78 is 4.67. The molecule has 10 heavy (non-hydrogen) atoms. The van der Waals surface area contributed by atoms with Crippen molar-refractivity contribution in [3.05, 3.63) is 11.7 Å². The van der Waals surface area contributed by atoms with E-state index in [4.69, 9.17) is 10.8 Å². The summed E-state index contributed by atoms with van der Waals surface area (Å²) in [6.45, 7) is 1.51. The second kappa shape index (κ2) is 2.76. The second-order valence-electron chi connectivity index (χ2n) is 1.97. The van der Waals surface area contributed by atoms with Crippen molar-refractivity contribution in [2.24, 2.45) is 5.73 Å². The third-order valence-corrected chi connectivity index (χ3v) is 1.06. The standard InChI is InChI=1S/C5H9N3O2/c1-3-7-5(10-8-3)4(6)2-9/h4,9H,2,6H2,1H3/t4-/m1/s1. The van der Waals surface area contributed by atoms with E-state index in [9.17, 15) is 0 Å². The highest BCUT2D eigenvalue weighted by Gasteiger charge is 2.10. The molecular weight excluding hydrogens is 134 g/mol. The van der Waals surface area contributed by atoms with Crippen molar-refractivity contribution in [2.45, 2.75) is 13.0 Å². The molecule has 0 saturated heterocycles. The van der Waals surface area contributed by atoms with E-state index in [1.807, 2.05) is 0 Å². The molecule has 0 aliphatic rings. The fourth-order valence-corrected chi connectivity index (χ4v) is 0.542. The van der Waals surface area contributed by atoms with Crippen molar-refractivity contribution in [3.63, 3.8) is 0 Å². The maximum Gasteiger partial charge on any atom is 0.245 e. The molecule has 5 heteroatoms. The summed E-state index contributed by atoms with van der Waals surface area (Å²) in [4.78, 5) is 3.82. The molecule has 0 aliphatic heterocycles. The number of aliphatic hydroxyl groups excluding tert-OH is 1. The minimum Gasteiger partial charge on any atom is -0.394 e. The van der Waals surface area contributed by atoms with Crippen LogP contribution in [0, 0.1) is 6.92 Å². The zero-order chi connectivity index (χ0) is 7.56. The van der Waals surface area contributed by atoms with Gasteiger partial charge in [-0.15, -0.1) is 0 Å². The highest BCUT2D eigenvalue weighted by molar-refractivity contribution is 4.88. The average Bonchev–Trinajstić information content (AvgIpc) is 2.34. The number of nitrogens with two attached hydrogens (primary N) is 1. The van der Waals surface area contributed by atoms with Crippen LogP contribution in [0.3, 0.4) is 0 Å². The summed E-state index contributed by atoms with van der Waals surface area (Å²) in [5, 5.41) is 12.1. The molecule has 1 rings (SSSR count). The zero-order valence-corrected chi connectivity index (χ0v) is 5.61. The van der Waals surface area contributed by atoms with Gasteiger partial charge in [-0.1, -0.05) is 5.16 Å². The van der Waals surface area contributed by atoms with Crippen molar-refractivity contribution in [2.75, 3.05) is 6.61 Å². The molecule has 1 aromatic rings. The van der Waals surface area contributed by atoms with E-state index in [0.29, 0.717) is 5.82 Å². The lowest BCUT2D eigenvalue weighted by atomic mass is 10.3. The molecule has 0 unspecified atom stereocenters. The Kier molecular flexibility index (Phi) is 1.98. The van der Waals surface area contributed by atoms with Crippen LogP contribution in [0.15, 0.2) is 4.52 Å². The van der Waals surface area contributed by atoms with Gasteiger partial charge in [0.05, 0.1) is 6.61 Å². The van der Waals surface area contributed by atoms with Crippen LogP contribution in [-0.4, -0.2) is 21.9 Å². The fourth-order valence-electron chi connectivity index (χ4n) is 0.542. The van der Waals surface area contributed by atoms with E-state index in [0.717, 1.165) is 0 Å². The van der Waals surface area contributed by atoms with Gasteiger partial charge in [0.1, 0.15) is 6.04 Å². The topological polar surface area (TPSA) is 85.2 Å². The van der Waals surface area contributed by atoms with Crippen LogP contribution in [0.5, 0.6) is 0 Å². The molecular formula is C5H9N3O2. The molecule has 0 aliphatic carbocycles. The monoisotopic (exact) mass is 143 g/mol. The van der Waals surface area contributed by atoms with Gasteiger partial charge in [0.15, 0.2) is 5.82 Å². The number of nitrogens with zero attached hydrogens (tertiary/aromatic N) is 2. The molecule has 1 heterocycles. The Morgan fingerprint density at radius 3 is 2.90 bits per heavy atom. The second-order valence-corrected chi connectivity index (χ2v) is 1.97. The predicted molar refractivity (Wildman–Crippen MR) is 33.0 cm³/mol. The number of rotatable bonds is 2. The van der Waals surface area contributed by atoms with Crippen LogP contribution < -0.4 is 5.73 Å². The van der Waals surface area contributed by atoms with Crippen molar-refractivity contribution >= 4 is 0 Å². The van der Waals surface area contributed by atoms with Crippen molar-refractivity contribution < 1.29 is 9.63 Å². The number of aryl methyl sites for hydroxylation is 1. The lowest BCUT2D eigenvalue weighted by Crippen LogP contribution is -2.14. The summed E-state index contributed by atoms with van der Waals surface area (Å²) in [6, 6.07) is -0.554. The average molecular weight is 143 g/mol. The van der Waals surface area contributed by atoms with Gasteiger partial charge in [-0.2, -0.15) is 4.98 Å². The minimum atomic E-state index is -0.554. The van der Waals surface area contributed by atoms with Gasteiger partial charge in [-0.3, -0.25) is 0 Å². The van der Waals surface area contributed by atoms with Crippen LogP contribution in [-0.2, 0) is 0 Å². The first-order valence-electron chi connectivity index (χ1n) is 2.90. The van der Waals surface area contributed by atoms with E-state index >= 15 is 0 Å². The first-order valence-corrected chi connectivity index (χ1v) is 2.90. The summed E-state index contributed by atoms with van der Waals surface area (Å²) in [5.41, 5.74) is 5.36. The van der Waals surface area contributed by atoms with Crippen LogP contribution in [0.1, 0.15) is 17.8 Å². The number of aromatic nitrogens is 2. The Bertz CT molecular complexity index is 210. The van der Waals surface area contributed by atoms with Gasteiger partial charge in [0.2, 0.25) is 5.89 Å². The maximum absolute atomic E-state index is 8.54. The molecule has 0 spiro atoms. The van der Waals surface area contributed by atoms with E-state index < -0.39 is 6.04 Å². The lowest BCUT2D eigenvalue weighted by molar-refractivity contribution is 0.236. The first kappa shape index (κ1) is 7.17. The van der Waals surface area contributed by atoms with Crippen molar-refractivity contribution in [1.29, 1.82) is 0 Å². The molecule has 0 bridgehead atoms. The Labute approximate surface area is 57.8 Å². The Balaban J connectivity index is 2.74. The predicted octanol–water partition coefficient (Wildman–Crippen LogP) is -0.630. The molecule has 56 valence electrons. The largest absolute Gasteiger partial charge is 0.394 e. The van der Waals surface area contributed by atoms with Crippen LogP contribution in [0.4, 0.5) is 0 Å². The first-order chi connectivity index (χ1) is 4.74. The van der Waals surface area contributed by atoms with Gasteiger partial charge in [-0.05, 0) is 6.92 Å². The number of aliphatic hydroxyl groups is 1. The summed E-state index contributed by atoms with van der Waals surface area (Å²) in [6.07, 6.45) is 0. The third-order valence-electron chi connectivity index (χ3n) is 1.06. The zero-order valence-electron chi connectivity index (χ0n) is 5.61. The molecule has 0 fully saturated rings. The van der Waals surface area contributed by atoms with Crippen molar-refractivity contribution in [3.8, 4) is 0 Å². The molecule has 0 saturated carbocycles. The Morgan fingerprint density at radius 2 is 2.50 bits per heavy atom. The Morgan fingerprint density at radius 1 is 1.80 bits per heavy atom. The molecule has 0 radical (unpaired) electrons. The third kappa shape index (κ3) is 1.31. The smallest absolute Gasteiger partial charge is 0.245 e. The molecule has 0 amide bonds. The molecule has 1 atom stereocenters. The van der Waals surface area contributed by atoms with Crippen molar-refractivity contribution in [1.82, 2.24) is 10.1 Å². The molecule has 3 N–H and O–H groups in total. The molecule has 5 nitrogen and oxygen atoms in total. The quantitative estimate of drug-likeness (QED) is 0.575. The van der Waals surface area contributed by atoms with E-state index in [1.165, 1.54) is 0 Å². The van der Waals surface area contributed by atoms with Gasteiger partial charge in [0, 0.05) is 0 Å².